The fourth-order valence-electron chi connectivity index (χ4n) is 2.09. The molecule has 4 heteroatoms. The van der Waals surface area contributed by atoms with Crippen LogP contribution in [0.3, 0.4) is 0 Å². The molecule has 0 spiro atoms. The number of rotatable bonds is 1. The highest BCUT2D eigenvalue weighted by Crippen LogP contribution is 2.25. The van der Waals surface area contributed by atoms with E-state index in [0.29, 0.717) is 11.2 Å². The maximum absolute atomic E-state index is 5.91. The molecule has 0 saturated heterocycles. The van der Waals surface area contributed by atoms with Crippen molar-refractivity contribution >= 4 is 34.4 Å². The third-order valence-electron chi connectivity index (χ3n) is 3.01. The van der Waals surface area contributed by atoms with E-state index in [0.717, 1.165) is 23.0 Å². The van der Waals surface area contributed by atoms with Gasteiger partial charge in [0.05, 0.1) is 17.1 Å². The van der Waals surface area contributed by atoms with E-state index >= 15 is 0 Å². The first-order valence-electron chi connectivity index (χ1n) is 5.87. The second-order valence-corrected chi connectivity index (χ2v) is 4.83. The fourth-order valence-corrected chi connectivity index (χ4v) is 2.24. The highest BCUT2D eigenvalue weighted by molar-refractivity contribution is 6.29. The lowest BCUT2D eigenvalue weighted by Gasteiger charge is -2.14. The number of aliphatic imine (C=N–C) groups is 1. The van der Waals surface area contributed by atoms with Gasteiger partial charge in [-0.25, -0.2) is 4.98 Å². The van der Waals surface area contributed by atoms with E-state index in [-0.39, 0.29) is 0 Å². The van der Waals surface area contributed by atoms with Crippen LogP contribution in [-0.2, 0) is 0 Å². The van der Waals surface area contributed by atoms with Gasteiger partial charge in [-0.2, -0.15) is 0 Å². The maximum atomic E-state index is 5.91. The third-order valence-corrected chi connectivity index (χ3v) is 3.22. The van der Waals surface area contributed by atoms with Gasteiger partial charge in [-0.3, -0.25) is 9.98 Å². The second-order valence-electron chi connectivity index (χ2n) is 4.44. The maximum Gasteiger partial charge on any atom is 0.129 e. The molecule has 0 radical (unpaired) electrons. The number of dihydropyridines is 1. The highest BCUT2D eigenvalue weighted by Gasteiger charge is 2.11. The molecule has 3 rings (SSSR count). The van der Waals surface area contributed by atoms with Gasteiger partial charge in [-0.15, -0.1) is 0 Å². The molecule has 90 valence electrons. The first-order chi connectivity index (χ1) is 8.72. The van der Waals surface area contributed by atoms with Gasteiger partial charge >= 0.3 is 0 Å². The van der Waals surface area contributed by atoms with Crippen LogP contribution in [0.1, 0.15) is 18.9 Å². The van der Waals surface area contributed by atoms with Crippen molar-refractivity contribution < 1.29 is 0 Å². The number of allylic oxidation sites excluding steroid dienone is 1. The summed E-state index contributed by atoms with van der Waals surface area (Å²) in [4.78, 5) is 13.0. The van der Waals surface area contributed by atoms with Crippen molar-refractivity contribution in [1.29, 1.82) is 0 Å². The summed E-state index contributed by atoms with van der Waals surface area (Å²) in [5.74, 6) is 0. The van der Waals surface area contributed by atoms with Crippen LogP contribution < -0.4 is 0 Å². The molecule has 0 N–H and O–H groups in total. The minimum Gasteiger partial charge on any atom is -0.290 e. The van der Waals surface area contributed by atoms with Crippen LogP contribution in [0.2, 0.25) is 5.15 Å². The Morgan fingerprint density at radius 2 is 2.17 bits per heavy atom. The van der Waals surface area contributed by atoms with Crippen molar-refractivity contribution in [3.63, 3.8) is 0 Å². The Labute approximate surface area is 110 Å². The van der Waals surface area contributed by atoms with Crippen molar-refractivity contribution in [2.45, 2.75) is 19.4 Å². The van der Waals surface area contributed by atoms with E-state index in [4.69, 9.17) is 11.6 Å². The Morgan fingerprint density at radius 3 is 3.00 bits per heavy atom. The number of nitrogens with zero attached hydrogens (tertiary/aromatic N) is 3. The lowest BCUT2D eigenvalue weighted by molar-refractivity contribution is 0.767. The topological polar surface area (TPSA) is 38.1 Å². The van der Waals surface area contributed by atoms with Crippen molar-refractivity contribution in [1.82, 2.24) is 9.97 Å². The molecule has 18 heavy (non-hydrogen) atoms. The minimum absolute atomic E-state index is 0.327. The van der Waals surface area contributed by atoms with E-state index in [1.54, 1.807) is 6.07 Å². The molecule has 1 aliphatic rings. The number of pyridine rings is 2. The van der Waals surface area contributed by atoms with Crippen LogP contribution in [-0.4, -0.2) is 22.2 Å². The highest BCUT2D eigenvalue weighted by atomic mass is 35.5. The molecule has 0 aliphatic carbocycles. The van der Waals surface area contributed by atoms with Gasteiger partial charge in [0.1, 0.15) is 5.15 Å². The van der Waals surface area contributed by atoms with Crippen LogP contribution in [0.4, 0.5) is 0 Å². The summed E-state index contributed by atoms with van der Waals surface area (Å²) in [6.07, 6.45) is 6.71. The molecule has 1 aliphatic heterocycles. The number of aromatic nitrogens is 2. The molecule has 0 aromatic carbocycles. The lowest BCUT2D eigenvalue weighted by Crippen LogP contribution is -2.04. The molecule has 0 fully saturated rings. The smallest absolute Gasteiger partial charge is 0.129 e. The SMILES string of the molecule is CC1CC(c2cnc3ccc(Cl)nc3c2)=CC=N1. The van der Waals surface area contributed by atoms with Crippen LogP contribution >= 0.6 is 11.6 Å². The second kappa shape index (κ2) is 4.50. The number of hydrogen-bond acceptors (Lipinski definition) is 3. The minimum atomic E-state index is 0.327. The van der Waals surface area contributed by atoms with E-state index in [2.05, 4.69) is 21.9 Å². The summed E-state index contributed by atoms with van der Waals surface area (Å²) >= 11 is 5.91. The molecule has 3 nitrogen and oxygen atoms in total. The average Bonchev–Trinajstić information content (AvgIpc) is 2.38. The van der Waals surface area contributed by atoms with E-state index in [1.807, 2.05) is 30.6 Å². The van der Waals surface area contributed by atoms with Gasteiger partial charge < -0.3 is 0 Å². The Hall–Kier alpha value is -1.74. The zero-order chi connectivity index (χ0) is 12.5. The molecular weight excluding hydrogens is 246 g/mol. The van der Waals surface area contributed by atoms with Crippen molar-refractivity contribution in [3.05, 3.63) is 41.2 Å². The average molecular weight is 258 g/mol. The molecular formula is C14H12ClN3. The molecule has 2 aromatic rings. The fraction of sp³-hybridized carbons (Fsp3) is 0.214. The summed E-state index contributed by atoms with van der Waals surface area (Å²) in [6.45, 7) is 2.10. The zero-order valence-corrected chi connectivity index (χ0v) is 10.7. The quantitative estimate of drug-likeness (QED) is 0.733. The van der Waals surface area contributed by atoms with Crippen LogP contribution in [0.5, 0.6) is 0 Å². The Morgan fingerprint density at radius 1 is 1.28 bits per heavy atom. The molecule has 1 unspecified atom stereocenters. The van der Waals surface area contributed by atoms with E-state index in [1.165, 1.54) is 5.57 Å². The van der Waals surface area contributed by atoms with Gasteiger partial charge in [0.15, 0.2) is 0 Å². The standard InChI is InChI=1S/C14H12ClN3/c1-9-6-10(4-5-16-9)11-7-13-12(17-8-11)2-3-14(15)18-13/h2-5,7-9H,6H2,1H3. The molecule has 1 atom stereocenters. The van der Waals surface area contributed by atoms with Gasteiger partial charge in [0.2, 0.25) is 0 Å². The Balaban J connectivity index is 2.08. The molecule has 0 amide bonds. The van der Waals surface area contributed by atoms with E-state index < -0.39 is 0 Å². The van der Waals surface area contributed by atoms with Crippen molar-refractivity contribution in [2.75, 3.05) is 0 Å². The van der Waals surface area contributed by atoms with Gasteiger partial charge in [-0.05, 0) is 48.8 Å². The van der Waals surface area contributed by atoms with Gasteiger partial charge in [0.25, 0.3) is 0 Å². The Bertz CT molecular complexity index is 661. The van der Waals surface area contributed by atoms with Gasteiger partial charge in [0, 0.05) is 12.4 Å². The predicted octanol–water partition coefficient (Wildman–Crippen LogP) is 3.53. The summed E-state index contributed by atoms with van der Waals surface area (Å²) in [7, 11) is 0. The molecule has 0 saturated carbocycles. The monoisotopic (exact) mass is 257 g/mol. The number of fused-ring (bicyclic) bond motifs is 1. The Kier molecular flexibility index (Phi) is 2.84. The van der Waals surface area contributed by atoms with Crippen LogP contribution in [0.25, 0.3) is 16.6 Å². The molecule has 3 heterocycles. The lowest BCUT2D eigenvalue weighted by atomic mass is 9.98. The van der Waals surface area contributed by atoms with Crippen LogP contribution in [0.15, 0.2) is 35.5 Å². The first kappa shape index (κ1) is 11.4. The third kappa shape index (κ3) is 2.14. The number of halogens is 1. The summed E-state index contributed by atoms with van der Waals surface area (Å²) in [5.41, 5.74) is 4.03. The molecule has 2 aromatic heterocycles. The van der Waals surface area contributed by atoms with Crippen molar-refractivity contribution in [2.24, 2.45) is 4.99 Å². The normalized spacial score (nSPS) is 19.0. The zero-order valence-electron chi connectivity index (χ0n) is 9.97. The number of hydrogen-bond donors (Lipinski definition) is 0. The van der Waals surface area contributed by atoms with Crippen LogP contribution in [0, 0.1) is 0 Å². The predicted molar refractivity (Wildman–Crippen MR) is 75.1 cm³/mol. The summed E-state index contributed by atoms with van der Waals surface area (Å²) < 4.78 is 0. The molecule has 0 bridgehead atoms. The summed E-state index contributed by atoms with van der Waals surface area (Å²) in [6, 6.07) is 6.00. The largest absolute Gasteiger partial charge is 0.290 e. The summed E-state index contributed by atoms with van der Waals surface area (Å²) in [5, 5.41) is 0.494. The van der Waals surface area contributed by atoms with E-state index in [9.17, 15) is 0 Å². The van der Waals surface area contributed by atoms with Gasteiger partial charge in [-0.1, -0.05) is 11.6 Å². The van der Waals surface area contributed by atoms with Crippen molar-refractivity contribution in [3.8, 4) is 0 Å². The first-order valence-corrected chi connectivity index (χ1v) is 6.25.